The molecule has 4 heteroatoms. The highest BCUT2D eigenvalue weighted by Gasteiger charge is 2.22. The molecule has 0 saturated heterocycles. The van der Waals surface area contributed by atoms with E-state index in [0.29, 0.717) is 0 Å². The normalized spacial score (nSPS) is 19.1. The minimum Gasteiger partial charge on any atom is -0.303 e. The molecule has 2 aromatic carbocycles. The van der Waals surface area contributed by atoms with Gasteiger partial charge in [0.05, 0.1) is 0 Å². The largest absolute Gasteiger partial charge is 0.303 e. The molecule has 1 heterocycles. The van der Waals surface area contributed by atoms with Gasteiger partial charge in [-0.05, 0) is 60.6 Å². The molecule has 1 nitrogen and oxygen atoms in total. The molecule has 0 aromatic heterocycles. The Morgan fingerprint density at radius 2 is 1.81 bits per heavy atom. The van der Waals surface area contributed by atoms with Crippen molar-refractivity contribution in [3.63, 3.8) is 0 Å². The molecule has 0 radical (unpaired) electrons. The number of thioether (sulfide) groups is 1. The predicted octanol–water partition coefficient (Wildman–Crippen LogP) is 4.85. The van der Waals surface area contributed by atoms with Crippen LogP contribution in [-0.4, -0.2) is 5.75 Å². The average Bonchev–Trinajstić information content (AvgIpc) is 2.48. The number of hydrogen-bond acceptors (Lipinski definition) is 2. The molecule has 3 rings (SSSR count). The van der Waals surface area contributed by atoms with Crippen LogP contribution in [0.3, 0.4) is 0 Å². The zero-order chi connectivity index (χ0) is 14.8. The zero-order valence-corrected chi connectivity index (χ0v) is 12.6. The summed E-state index contributed by atoms with van der Waals surface area (Å²) in [7, 11) is 0. The molecule has 0 saturated carbocycles. The summed E-state index contributed by atoms with van der Waals surface area (Å²) in [4.78, 5) is 1.14. The van der Waals surface area contributed by atoms with E-state index in [2.05, 4.69) is 5.32 Å². The molecule has 1 aliphatic rings. The first kappa shape index (κ1) is 14.5. The van der Waals surface area contributed by atoms with Gasteiger partial charge >= 0.3 is 0 Å². The van der Waals surface area contributed by atoms with Gasteiger partial charge in [-0.2, -0.15) is 0 Å². The summed E-state index contributed by atoms with van der Waals surface area (Å²) >= 11 is 1.77. The van der Waals surface area contributed by atoms with Crippen LogP contribution in [-0.2, 0) is 0 Å². The number of fused-ring (bicyclic) bond motifs is 1. The fraction of sp³-hybridized carbons (Fsp3) is 0.294. The molecule has 2 atom stereocenters. The lowest BCUT2D eigenvalue weighted by Crippen LogP contribution is -2.27. The topological polar surface area (TPSA) is 12.0 Å². The average molecular weight is 305 g/mol. The van der Waals surface area contributed by atoms with Crippen molar-refractivity contribution in [2.75, 3.05) is 5.75 Å². The Balaban J connectivity index is 1.80. The first-order valence-electron chi connectivity index (χ1n) is 7.07. The number of hydrogen-bond donors (Lipinski definition) is 1. The molecule has 21 heavy (non-hydrogen) atoms. The predicted molar refractivity (Wildman–Crippen MR) is 82.4 cm³/mol. The second-order valence-electron chi connectivity index (χ2n) is 5.31. The van der Waals surface area contributed by atoms with Crippen LogP contribution in [0.25, 0.3) is 0 Å². The van der Waals surface area contributed by atoms with Crippen LogP contribution in [0, 0.1) is 11.6 Å². The van der Waals surface area contributed by atoms with Crippen LogP contribution >= 0.6 is 11.8 Å². The van der Waals surface area contributed by atoms with Crippen molar-refractivity contribution >= 4 is 11.8 Å². The van der Waals surface area contributed by atoms with E-state index in [-0.39, 0.29) is 23.7 Å². The molecule has 2 unspecified atom stereocenters. The van der Waals surface area contributed by atoms with Crippen LogP contribution in [0.4, 0.5) is 8.78 Å². The summed E-state index contributed by atoms with van der Waals surface area (Å²) in [5.74, 6) is 0.594. The summed E-state index contributed by atoms with van der Waals surface area (Å²) in [6.07, 6.45) is 0.965. The summed E-state index contributed by atoms with van der Waals surface area (Å²) in [5, 5.41) is 3.54. The van der Waals surface area contributed by atoms with E-state index in [1.807, 2.05) is 13.0 Å². The second kappa shape index (κ2) is 6.16. The van der Waals surface area contributed by atoms with Gasteiger partial charge in [-0.25, -0.2) is 8.78 Å². The molecule has 1 N–H and O–H groups in total. The molecule has 0 spiro atoms. The van der Waals surface area contributed by atoms with E-state index in [1.165, 1.54) is 18.2 Å². The Morgan fingerprint density at radius 1 is 1.10 bits per heavy atom. The van der Waals surface area contributed by atoms with Gasteiger partial charge in [0.1, 0.15) is 11.6 Å². The molecule has 0 aliphatic carbocycles. The van der Waals surface area contributed by atoms with Gasteiger partial charge in [-0.1, -0.05) is 12.1 Å². The molecule has 0 bridgehead atoms. The first-order chi connectivity index (χ1) is 10.1. The van der Waals surface area contributed by atoms with E-state index in [9.17, 15) is 8.78 Å². The van der Waals surface area contributed by atoms with E-state index in [4.69, 9.17) is 0 Å². The van der Waals surface area contributed by atoms with Crippen LogP contribution in [0.5, 0.6) is 0 Å². The van der Waals surface area contributed by atoms with Gasteiger partial charge in [-0.15, -0.1) is 11.8 Å². The molecular formula is C17H17F2NS. The highest BCUT2D eigenvalue weighted by molar-refractivity contribution is 7.99. The maximum Gasteiger partial charge on any atom is 0.123 e. The van der Waals surface area contributed by atoms with Gasteiger partial charge < -0.3 is 5.32 Å². The van der Waals surface area contributed by atoms with Crippen LogP contribution in [0.15, 0.2) is 47.4 Å². The van der Waals surface area contributed by atoms with Gasteiger partial charge in [0.15, 0.2) is 0 Å². The van der Waals surface area contributed by atoms with Gasteiger partial charge in [-0.3, -0.25) is 0 Å². The minimum atomic E-state index is -0.229. The van der Waals surface area contributed by atoms with Crippen molar-refractivity contribution in [1.29, 1.82) is 0 Å². The van der Waals surface area contributed by atoms with Gasteiger partial charge in [0.2, 0.25) is 0 Å². The van der Waals surface area contributed by atoms with E-state index in [0.717, 1.165) is 28.2 Å². The van der Waals surface area contributed by atoms with Crippen molar-refractivity contribution < 1.29 is 8.78 Å². The molecule has 0 fully saturated rings. The monoisotopic (exact) mass is 305 g/mol. The fourth-order valence-electron chi connectivity index (χ4n) is 2.69. The molecule has 2 aromatic rings. The Hall–Kier alpha value is -1.39. The first-order valence-corrected chi connectivity index (χ1v) is 8.06. The Labute approximate surface area is 127 Å². The quantitative estimate of drug-likeness (QED) is 0.869. The van der Waals surface area contributed by atoms with E-state index < -0.39 is 0 Å². The number of nitrogens with one attached hydrogen (secondary N) is 1. The molecule has 110 valence electrons. The fourth-order valence-corrected chi connectivity index (χ4v) is 3.79. The lowest BCUT2D eigenvalue weighted by Gasteiger charge is -2.29. The van der Waals surface area contributed by atoms with Crippen LogP contribution < -0.4 is 5.32 Å². The Bertz CT molecular complexity index is 627. The molecule has 1 aliphatic heterocycles. The van der Waals surface area contributed by atoms with Gasteiger partial charge in [0.25, 0.3) is 0 Å². The molecule has 0 amide bonds. The lowest BCUT2D eigenvalue weighted by molar-refractivity contribution is 0.447. The van der Waals surface area contributed by atoms with Crippen molar-refractivity contribution in [2.24, 2.45) is 0 Å². The zero-order valence-electron chi connectivity index (χ0n) is 11.8. The Kier molecular flexibility index (Phi) is 4.27. The summed E-state index contributed by atoms with van der Waals surface area (Å²) in [5.41, 5.74) is 2.06. The van der Waals surface area contributed by atoms with Crippen molar-refractivity contribution in [1.82, 2.24) is 5.32 Å². The summed E-state index contributed by atoms with van der Waals surface area (Å²) in [6, 6.07) is 11.7. The number of rotatable bonds is 3. The second-order valence-corrected chi connectivity index (χ2v) is 6.45. The third kappa shape index (κ3) is 3.27. The SMILES string of the molecule is CC(NC1CCSc2ccc(F)cc21)c1ccc(F)cc1. The summed E-state index contributed by atoms with van der Waals surface area (Å²) in [6.45, 7) is 2.05. The maximum atomic E-state index is 13.5. The minimum absolute atomic E-state index is 0.0924. The third-order valence-corrected chi connectivity index (χ3v) is 4.96. The highest BCUT2D eigenvalue weighted by Crippen LogP contribution is 2.37. The standard InChI is InChI=1S/C17H17F2NS/c1-11(12-2-4-13(18)5-3-12)20-16-8-9-21-17-7-6-14(19)10-15(16)17/h2-7,10-11,16,20H,8-9H2,1H3. The maximum absolute atomic E-state index is 13.5. The van der Waals surface area contributed by atoms with Crippen molar-refractivity contribution in [3.8, 4) is 0 Å². The number of halogens is 2. The molecular weight excluding hydrogens is 288 g/mol. The summed E-state index contributed by atoms with van der Waals surface area (Å²) < 4.78 is 26.5. The van der Waals surface area contributed by atoms with Gasteiger partial charge in [0, 0.05) is 17.0 Å². The van der Waals surface area contributed by atoms with Crippen molar-refractivity contribution in [2.45, 2.75) is 30.3 Å². The lowest BCUT2D eigenvalue weighted by atomic mass is 10.0. The van der Waals surface area contributed by atoms with E-state index in [1.54, 1.807) is 30.0 Å². The highest BCUT2D eigenvalue weighted by atomic mass is 32.2. The third-order valence-electron chi connectivity index (χ3n) is 3.83. The Morgan fingerprint density at radius 3 is 2.57 bits per heavy atom. The van der Waals surface area contributed by atoms with Crippen LogP contribution in [0.1, 0.15) is 36.6 Å². The number of benzene rings is 2. The smallest absolute Gasteiger partial charge is 0.123 e. The van der Waals surface area contributed by atoms with E-state index >= 15 is 0 Å². The van der Waals surface area contributed by atoms with Crippen molar-refractivity contribution in [3.05, 3.63) is 65.2 Å². The van der Waals surface area contributed by atoms with Crippen LogP contribution in [0.2, 0.25) is 0 Å².